The smallest absolute Gasteiger partial charge is 0.284 e. The van der Waals surface area contributed by atoms with Gasteiger partial charge in [0.1, 0.15) is 11.0 Å². The fourth-order valence-corrected chi connectivity index (χ4v) is 6.14. The molecule has 1 aliphatic rings. The van der Waals surface area contributed by atoms with Gasteiger partial charge in [0.05, 0.1) is 17.2 Å². The second-order valence-electron chi connectivity index (χ2n) is 6.78. The molecule has 1 aliphatic heterocycles. The molecule has 30 heavy (non-hydrogen) atoms. The molecule has 8 nitrogen and oxygen atoms in total. The van der Waals surface area contributed by atoms with Crippen LogP contribution in [0.1, 0.15) is 11.6 Å². The molecule has 3 heterocycles. The van der Waals surface area contributed by atoms with E-state index < -0.39 is 4.92 Å². The third-order valence-corrected chi connectivity index (χ3v) is 7.53. The molecule has 2 aromatic heterocycles. The van der Waals surface area contributed by atoms with Crippen molar-refractivity contribution in [3.8, 4) is 0 Å². The van der Waals surface area contributed by atoms with Crippen molar-refractivity contribution < 1.29 is 4.92 Å². The van der Waals surface area contributed by atoms with Gasteiger partial charge < -0.3 is 0 Å². The standard InChI is InChI=1S/C20H15N5O3S2/c26-19-15-10-21-23-18(15)24-17(12-4-2-1-3-5-12)16(11-29-20(24)22-19)30-14-8-6-13(7-9-14)25(27)28/h1-10,16-17H,11H2,(H,21,23)/t16-,17+/m0/s1. The van der Waals surface area contributed by atoms with Gasteiger partial charge in [-0.05, 0) is 17.7 Å². The van der Waals surface area contributed by atoms with E-state index in [-0.39, 0.29) is 22.5 Å². The maximum absolute atomic E-state index is 12.4. The number of rotatable bonds is 4. The molecule has 4 aromatic rings. The normalized spacial score (nSPS) is 18.3. The van der Waals surface area contributed by atoms with Crippen LogP contribution < -0.4 is 5.56 Å². The summed E-state index contributed by atoms with van der Waals surface area (Å²) in [6, 6.07) is 16.6. The van der Waals surface area contributed by atoms with Gasteiger partial charge in [-0.25, -0.2) is 0 Å². The van der Waals surface area contributed by atoms with Gasteiger partial charge in [0.15, 0.2) is 5.16 Å². The summed E-state index contributed by atoms with van der Waals surface area (Å²) in [7, 11) is 0. The number of thioether (sulfide) groups is 2. The molecular formula is C20H15N5O3S2. The van der Waals surface area contributed by atoms with Crippen LogP contribution in [0, 0.1) is 10.1 Å². The fourth-order valence-electron chi connectivity index (χ4n) is 3.62. The predicted octanol–water partition coefficient (Wildman–Crippen LogP) is 3.88. The zero-order valence-corrected chi connectivity index (χ0v) is 17.1. The first kappa shape index (κ1) is 18.9. The van der Waals surface area contributed by atoms with Crippen molar-refractivity contribution in [3.63, 3.8) is 0 Å². The van der Waals surface area contributed by atoms with E-state index in [1.54, 1.807) is 23.9 Å². The number of non-ortho nitro benzene ring substituents is 1. The summed E-state index contributed by atoms with van der Waals surface area (Å²) >= 11 is 3.19. The lowest BCUT2D eigenvalue weighted by molar-refractivity contribution is -0.384. The van der Waals surface area contributed by atoms with E-state index in [1.165, 1.54) is 30.1 Å². The zero-order valence-electron chi connectivity index (χ0n) is 15.5. The van der Waals surface area contributed by atoms with Gasteiger partial charge in [0.2, 0.25) is 0 Å². The minimum Gasteiger partial charge on any atom is -0.296 e. The second kappa shape index (κ2) is 7.62. The van der Waals surface area contributed by atoms with Crippen LogP contribution in [0.4, 0.5) is 5.69 Å². The summed E-state index contributed by atoms with van der Waals surface area (Å²) in [4.78, 5) is 28.1. The van der Waals surface area contributed by atoms with E-state index in [2.05, 4.69) is 31.9 Å². The summed E-state index contributed by atoms with van der Waals surface area (Å²) in [5, 5.41) is 19.2. The monoisotopic (exact) mass is 437 g/mol. The Morgan fingerprint density at radius 2 is 1.93 bits per heavy atom. The first-order valence-electron chi connectivity index (χ1n) is 9.16. The molecule has 0 radical (unpaired) electrons. The molecule has 2 atom stereocenters. The first-order valence-corrected chi connectivity index (χ1v) is 11.0. The molecule has 0 saturated carbocycles. The molecule has 0 amide bonds. The van der Waals surface area contributed by atoms with Crippen LogP contribution in [0.5, 0.6) is 0 Å². The summed E-state index contributed by atoms with van der Waals surface area (Å²) in [5.41, 5.74) is 1.54. The van der Waals surface area contributed by atoms with E-state index in [0.29, 0.717) is 16.2 Å². The minimum atomic E-state index is -0.398. The number of benzene rings is 2. The predicted molar refractivity (Wildman–Crippen MR) is 116 cm³/mol. The van der Waals surface area contributed by atoms with Crippen molar-refractivity contribution in [1.29, 1.82) is 0 Å². The van der Waals surface area contributed by atoms with Crippen molar-refractivity contribution in [1.82, 2.24) is 19.7 Å². The van der Waals surface area contributed by atoms with Crippen molar-refractivity contribution in [2.24, 2.45) is 0 Å². The number of fused-ring (bicyclic) bond motifs is 3. The van der Waals surface area contributed by atoms with Gasteiger partial charge in [0, 0.05) is 28.0 Å². The van der Waals surface area contributed by atoms with Gasteiger partial charge in [0.25, 0.3) is 11.2 Å². The fraction of sp³-hybridized carbons (Fsp3) is 0.150. The third-order valence-electron chi connectivity index (χ3n) is 4.98. The largest absolute Gasteiger partial charge is 0.296 e. The number of aromatic amines is 1. The van der Waals surface area contributed by atoms with Crippen LogP contribution in [0.3, 0.4) is 0 Å². The van der Waals surface area contributed by atoms with E-state index in [9.17, 15) is 14.9 Å². The molecular weight excluding hydrogens is 422 g/mol. The van der Waals surface area contributed by atoms with E-state index >= 15 is 0 Å². The number of hydrogen-bond donors (Lipinski definition) is 1. The van der Waals surface area contributed by atoms with E-state index in [1.807, 2.05) is 18.2 Å². The molecule has 0 bridgehead atoms. The first-order chi connectivity index (χ1) is 14.6. The Balaban J connectivity index is 1.61. The Kier molecular flexibility index (Phi) is 4.80. The van der Waals surface area contributed by atoms with Gasteiger partial charge >= 0.3 is 0 Å². The summed E-state index contributed by atoms with van der Waals surface area (Å²) in [6.07, 6.45) is 1.51. The Bertz CT molecular complexity index is 1290. The van der Waals surface area contributed by atoms with Crippen LogP contribution in [0.15, 0.2) is 75.6 Å². The summed E-state index contributed by atoms with van der Waals surface area (Å²) in [6.45, 7) is 0. The number of nitrogens with zero attached hydrogens (tertiary/aromatic N) is 4. The van der Waals surface area contributed by atoms with Crippen LogP contribution in [-0.2, 0) is 0 Å². The second-order valence-corrected chi connectivity index (χ2v) is 9.08. The average molecular weight is 438 g/mol. The highest BCUT2D eigenvalue weighted by Crippen LogP contribution is 2.43. The highest BCUT2D eigenvalue weighted by atomic mass is 32.2. The summed E-state index contributed by atoms with van der Waals surface area (Å²) in [5.74, 6) is 0.743. The molecule has 1 N–H and O–H groups in total. The molecule has 0 unspecified atom stereocenters. The minimum absolute atomic E-state index is 0.0723. The van der Waals surface area contributed by atoms with Gasteiger partial charge in [-0.15, -0.1) is 11.8 Å². The number of nitro benzene ring substituents is 1. The lowest BCUT2D eigenvalue weighted by atomic mass is 10.0. The highest BCUT2D eigenvalue weighted by Gasteiger charge is 2.34. The molecule has 2 aromatic carbocycles. The SMILES string of the molecule is O=c1nc2n(c3[nH]ncc13)[C@H](c1ccccc1)[C@@H](Sc1ccc([N+](=O)[O-])cc1)CS2. The van der Waals surface area contributed by atoms with Gasteiger partial charge in [-0.1, -0.05) is 42.1 Å². The number of aromatic nitrogens is 4. The number of nitrogens with one attached hydrogen (secondary N) is 1. The quantitative estimate of drug-likeness (QED) is 0.293. The van der Waals surface area contributed by atoms with Gasteiger partial charge in [-0.3, -0.25) is 24.6 Å². The molecule has 0 saturated heterocycles. The summed E-state index contributed by atoms with van der Waals surface area (Å²) < 4.78 is 2.05. The van der Waals surface area contributed by atoms with E-state index in [0.717, 1.165) is 16.2 Å². The number of nitro groups is 1. The van der Waals surface area contributed by atoms with E-state index in [4.69, 9.17) is 0 Å². The lowest BCUT2D eigenvalue weighted by Crippen LogP contribution is -2.33. The Morgan fingerprint density at radius 1 is 1.17 bits per heavy atom. The molecule has 150 valence electrons. The van der Waals surface area contributed by atoms with Crippen molar-refractivity contribution in [3.05, 3.63) is 86.8 Å². The maximum atomic E-state index is 12.4. The molecule has 0 spiro atoms. The number of H-pyrrole nitrogens is 1. The van der Waals surface area contributed by atoms with Crippen LogP contribution in [0.2, 0.25) is 0 Å². The van der Waals surface area contributed by atoms with Crippen LogP contribution in [0.25, 0.3) is 11.0 Å². The van der Waals surface area contributed by atoms with Gasteiger partial charge in [-0.2, -0.15) is 10.1 Å². The highest BCUT2D eigenvalue weighted by molar-refractivity contribution is 8.03. The van der Waals surface area contributed by atoms with Crippen molar-refractivity contribution in [2.45, 2.75) is 21.3 Å². The van der Waals surface area contributed by atoms with Crippen LogP contribution in [-0.4, -0.2) is 35.7 Å². The van der Waals surface area contributed by atoms with Crippen molar-refractivity contribution in [2.75, 3.05) is 5.75 Å². The third kappa shape index (κ3) is 3.27. The Morgan fingerprint density at radius 3 is 2.67 bits per heavy atom. The maximum Gasteiger partial charge on any atom is 0.284 e. The number of hydrogen-bond acceptors (Lipinski definition) is 7. The van der Waals surface area contributed by atoms with Crippen LogP contribution >= 0.6 is 23.5 Å². The van der Waals surface area contributed by atoms with Crippen molar-refractivity contribution >= 4 is 40.2 Å². The topological polar surface area (TPSA) is 107 Å². The lowest BCUT2D eigenvalue weighted by Gasteiger charge is -2.34. The average Bonchev–Trinajstić information content (AvgIpc) is 3.26. The Labute approximate surface area is 178 Å². The zero-order chi connectivity index (χ0) is 20.7. The molecule has 10 heteroatoms. The molecule has 5 rings (SSSR count). The molecule has 0 aliphatic carbocycles. The molecule has 0 fully saturated rings. The Hall–Kier alpha value is -3.11.